The van der Waals surface area contributed by atoms with Crippen LogP contribution in [0.25, 0.3) is 11.3 Å². The maximum absolute atomic E-state index is 12.5. The lowest BCUT2D eigenvalue weighted by Crippen LogP contribution is -2.14. The van der Waals surface area contributed by atoms with E-state index in [1.807, 2.05) is 6.92 Å². The molecule has 0 aliphatic rings. The summed E-state index contributed by atoms with van der Waals surface area (Å²) in [7, 11) is 1.61. The van der Waals surface area contributed by atoms with Gasteiger partial charge < -0.3 is 4.74 Å². The largest absolute Gasteiger partial charge is 0.416 e. The molecule has 7 heteroatoms. The lowest BCUT2D eigenvalue weighted by molar-refractivity contribution is -0.137. The molecule has 0 aliphatic carbocycles. The molecule has 0 N–H and O–H groups in total. The van der Waals surface area contributed by atoms with Crippen LogP contribution in [0.15, 0.2) is 30.5 Å². The Morgan fingerprint density at radius 3 is 2.43 bits per heavy atom. The summed E-state index contributed by atoms with van der Waals surface area (Å²) < 4.78 is 44.3. The number of rotatable bonds is 5. The molecule has 1 aromatic heterocycles. The normalized spacial score (nSPS) is 13.4. The molecule has 4 nitrogen and oxygen atoms in total. The number of benzene rings is 1. The molecule has 114 valence electrons. The minimum absolute atomic E-state index is 0.0608. The van der Waals surface area contributed by atoms with Crippen LogP contribution in [0.1, 0.15) is 24.9 Å². The molecule has 0 aliphatic heterocycles. The van der Waals surface area contributed by atoms with E-state index in [1.54, 1.807) is 18.0 Å². The molecule has 21 heavy (non-hydrogen) atoms. The third-order valence-corrected chi connectivity index (χ3v) is 3.22. The number of aromatic nitrogens is 3. The average molecular weight is 299 g/mol. The number of alkyl halides is 3. The molecule has 0 saturated heterocycles. The Balaban J connectivity index is 2.21. The van der Waals surface area contributed by atoms with Crippen molar-refractivity contribution in [1.82, 2.24) is 15.0 Å². The molecule has 1 atom stereocenters. The summed E-state index contributed by atoms with van der Waals surface area (Å²) in [4.78, 5) is 0. The van der Waals surface area contributed by atoms with E-state index in [4.69, 9.17) is 4.74 Å². The van der Waals surface area contributed by atoms with Gasteiger partial charge in [0.2, 0.25) is 0 Å². The van der Waals surface area contributed by atoms with Gasteiger partial charge in [0, 0.05) is 12.7 Å². The minimum Gasteiger partial charge on any atom is -0.382 e. The maximum Gasteiger partial charge on any atom is 0.416 e. The van der Waals surface area contributed by atoms with E-state index >= 15 is 0 Å². The highest BCUT2D eigenvalue weighted by Gasteiger charge is 2.30. The molecule has 0 bridgehead atoms. The van der Waals surface area contributed by atoms with E-state index in [-0.39, 0.29) is 6.04 Å². The summed E-state index contributed by atoms with van der Waals surface area (Å²) in [6.07, 6.45) is -1.79. The van der Waals surface area contributed by atoms with Crippen LogP contribution < -0.4 is 0 Å². The van der Waals surface area contributed by atoms with Crippen molar-refractivity contribution in [2.24, 2.45) is 0 Å². The van der Waals surface area contributed by atoms with Crippen LogP contribution in [0.2, 0.25) is 0 Å². The molecule has 2 rings (SSSR count). The molecule has 0 radical (unpaired) electrons. The summed E-state index contributed by atoms with van der Waals surface area (Å²) in [5, 5.41) is 8.02. The number of halogens is 3. The van der Waals surface area contributed by atoms with Crippen LogP contribution in [0.4, 0.5) is 13.2 Å². The van der Waals surface area contributed by atoms with E-state index in [9.17, 15) is 13.2 Å². The third-order valence-electron chi connectivity index (χ3n) is 3.22. The number of hydrogen-bond donors (Lipinski definition) is 0. The zero-order valence-electron chi connectivity index (χ0n) is 11.8. The van der Waals surface area contributed by atoms with Gasteiger partial charge in [0.05, 0.1) is 24.4 Å². The van der Waals surface area contributed by atoms with Crippen LogP contribution in [0.3, 0.4) is 0 Å². The Morgan fingerprint density at radius 2 is 1.90 bits per heavy atom. The topological polar surface area (TPSA) is 39.9 Å². The highest BCUT2D eigenvalue weighted by atomic mass is 19.4. The molecule has 1 aromatic carbocycles. The van der Waals surface area contributed by atoms with Gasteiger partial charge in [-0.15, -0.1) is 5.10 Å². The van der Waals surface area contributed by atoms with E-state index in [1.165, 1.54) is 12.1 Å². The third kappa shape index (κ3) is 3.60. The van der Waals surface area contributed by atoms with Gasteiger partial charge in [-0.1, -0.05) is 24.3 Å². The summed E-state index contributed by atoms with van der Waals surface area (Å²) in [5.41, 5.74) is 0.462. The first kappa shape index (κ1) is 15.5. The number of hydrogen-bond acceptors (Lipinski definition) is 3. The Bertz CT molecular complexity index is 578. The maximum atomic E-state index is 12.5. The van der Waals surface area contributed by atoms with Crippen molar-refractivity contribution in [3.8, 4) is 11.3 Å². The molecule has 0 saturated carbocycles. The fourth-order valence-electron chi connectivity index (χ4n) is 1.99. The second kappa shape index (κ2) is 6.26. The van der Waals surface area contributed by atoms with Crippen molar-refractivity contribution in [3.05, 3.63) is 36.0 Å². The molecule has 1 unspecified atom stereocenters. The van der Waals surface area contributed by atoms with Crippen LogP contribution in [-0.2, 0) is 10.9 Å². The highest BCUT2D eigenvalue weighted by molar-refractivity contribution is 5.58. The second-order valence-electron chi connectivity index (χ2n) is 4.68. The first-order chi connectivity index (χ1) is 9.95. The highest BCUT2D eigenvalue weighted by Crippen LogP contribution is 2.30. The average Bonchev–Trinajstić information content (AvgIpc) is 2.93. The summed E-state index contributed by atoms with van der Waals surface area (Å²) in [5.74, 6) is 0. The monoisotopic (exact) mass is 299 g/mol. The van der Waals surface area contributed by atoms with Crippen molar-refractivity contribution in [2.75, 3.05) is 13.7 Å². The quantitative estimate of drug-likeness (QED) is 0.847. The van der Waals surface area contributed by atoms with Gasteiger partial charge >= 0.3 is 6.18 Å². The number of ether oxygens (including phenoxy) is 1. The van der Waals surface area contributed by atoms with Crippen LogP contribution in [0, 0.1) is 0 Å². The predicted octanol–water partition coefficient (Wildman–Crippen LogP) is 3.56. The Hall–Kier alpha value is -1.89. The summed E-state index contributed by atoms with van der Waals surface area (Å²) in [6.45, 7) is 2.51. The van der Waals surface area contributed by atoms with Gasteiger partial charge in [0.15, 0.2) is 0 Å². The fourth-order valence-corrected chi connectivity index (χ4v) is 1.99. The lowest BCUT2D eigenvalue weighted by Gasteiger charge is -2.12. The number of methoxy groups -OCH3 is 1. The van der Waals surface area contributed by atoms with Crippen molar-refractivity contribution in [1.29, 1.82) is 0 Å². The number of nitrogens with zero attached hydrogens (tertiary/aromatic N) is 3. The smallest absolute Gasteiger partial charge is 0.382 e. The van der Waals surface area contributed by atoms with Gasteiger partial charge in [0.1, 0.15) is 5.69 Å². The van der Waals surface area contributed by atoms with E-state index < -0.39 is 11.7 Å². The predicted molar refractivity (Wildman–Crippen MR) is 71.7 cm³/mol. The molecule has 0 spiro atoms. The van der Waals surface area contributed by atoms with E-state index in [0.29, 0.717) is 17.9 Å². The SMILES string of the molecule is CCC(COC)n1cc(-c2ccc(C(F)(F)F)cc2)nn1. The van der Waals surface area contributed by atoms with Gasteiger partial charge in [-0.25, -0.2) is 4.68 Å². The molecule has 2 aromatic rings. The standard InChI is InChI=1S/C14H16F3N3O/c1-3-12(9-21-2)20-8-13(18-19-20)10-4-6-11(7-5-10)14(15,16)17/h4-8,12H,3,9H2,1-2H3. The van der Waals surface area contributed by atoms with Crippen molar-refractivity contribution >= 4 is 0 Å². The molecule has 0 amide bonds. The fraction of sp³-hybridized carbons (Fsp3) is 0.429. The van der Waals surface area contributed by atoms with Crippen molar-refractivity contribution in [3.63, 3.8) is 0 Å². The van der Waals surface area contributed by atoms with E-state index in [2.05, 4.69) is 10.3 Å². The first-order valence-electron chi connectivity index (χ1n) is 6.54. The Labute approximate surface area is 120 Å². The molecular weight excluding hydrogens is 283 g/mol. The van der Waals surface area contributed by atoms with Crippen LogP contribution in [-0.4, -0.2) is 28.7 Å². The van der Waals surface area contributed by atoms with E-state index in [0.717, 1.165) is 18.6 Å². The summed E-state index contributed by atoms with van der Waals surface area (Å²) >= 11 is 0. The van der Waals surface area contributed by atoms with Gasteiger partial charge in [0.25, 0.3) is 0 Å². The van der Waals surface area contributed by atoms with Crippen molar-refractivity contribution in [2.45, 2.75) is 25.6 Å². The molecular formula is C14H16F3N3O. The first-order valence-corrected chi connectivity index (χ1v) is 6.54. The van der Waals surface area contributed by atoms with Gasteiger partial charge in [-0.2, -0.15) is 13.2 Å². The zero-order valence-corrected chi connectivity index (χ0v) is 11.8. The molecule has 1 heterocycles. The Kier molecular flexibility index (Phi) is 4.62. The van der Waals surface area contributed by atoms with Crippen molar-refractivity contribution < 1.29 is 17.9 Å². The summed E-state index contributed by atoms with van der Waals surface area (Å²) in [6, 6.07) is 4.94. The van der Waals surface area contributed by atoms with Crippen LogP contribution in [0.5, 0.6) is 0 Å². The zero-order chi connectivity index (χ0) is 15.5. The lowest BCUT2D eigenvalue weighted by atomic mass is 10.1. The van der Waals surface area contributed by atoms with Crippen LogP contribution >= 0.6 is 0 Å². The second-order valence-corrected chi connectivity index (χ2v) is 4.68. The minimum atomic E-state index is -4.33. The molecule has 0 fully saturated rings. The Morgan fingerprint density at radius 1 is 1.24 bits per heavy atom. The van der Waals surface area contributed by atoms with Gasteiger partial charge in [-0.3, -0.25) is 0 Å². The van der Waals surface area contributed by atoms with Gasteiger partial charge in [-0.05, 0) is 18.6 Å².